The molecule has 1 fully saturated rings. The van der Waals surface area contributed by atoms with Crippen LogP contribution in [0.25, 0.3) is 0 Å². The molecule has 1 unspecified atom stereocenters. The Balaban J connectivity index is 0.00000242. The quantitative estimate of drug-likeness (QED) is 0.598. The topological polar surface area (TPSA) is 115 Å². The van der Waals surface area contributed by atoms with Crippen molar-refractivity contribution in [1.29, 1.82) is 0 Å². The number of aryl methyl sites for hydroxylation is 2. The molecule has 0 bridgehead atoms. The van der Waals surface area contributed by atoms with Gasteiger partial charge in [-0.3, -0.25) is 10.1 Å². The lowest BCUT2D eigenvalue weighted by molar-refractivity contribution is -0.385. The van der Waals surface area contributed by atoms with E-state index in [0.717, 1.165) is 18.9 Å². The molecule has 7 nitrogen and oxygen atoms in total. The van der Waals surface area contributed by atoms with Crippen molar-refractivity contribution in [1.82, 2.24) is 4.72 Å². The number of hydrogen-bond acceptors (Lipinski definition) is 5. The number of rotatable bonds is 6. The minimum absolute atomic E-state index is 0. The highest BCUT2D eigenvalue weighted by Gasteiger charge is 2.30. The number of nitrogens with zero attached hydrogens (tertiary/aromatic N) is 1. The first-order valence-corrected chi connectivity index (χ1v) is 8.21. The summed E-state index contributed by atoms with van der Waals surface area (Å²) in [7, 11) is -3.80. The molecule has 1 aliphatic carbocycles. The molecule has 1 aromatic rings. The van der Waals surface area contributed by atoms with Crippen molar-refractivity contribution in [2.24, 2.45) is 11.7 Å². The van der Waals surface area contributed by atoms with Crippen LogP contribution in [0.5, 0.6) is 0 Å². The van der Waals surface area contributed by atoms with Gasteiger partial charge in [0.25, 0.3) is 5.69 Å². The van der Waals surface area contributed by atoms with Gasteiger partial charge in [-0.25, -0.2) is 13.1 Å². The molecule has 0 spiro atoms. The maximum atomic E-state index is 12.3. The van der Waals surface area contributed by atoms with E-state index in [1.165, 1.54) is 6.07 Å². The van der Waals surface area contributed by atoms with Crippen molar-refractivity contribution in [3.63, 3.8) is 0 Å². The van der Waals surface area contributed by atoms with Gasteiger partial charge in [0.2, 0.25) is 10.0 Å². The summed E-state index contributed by atoms with van der Waals surface area (Å²) in [4.78, 5) is 10.3. The summed E-state index contributed by atoms with van der Waals surface area (Å²) < 4.78 is 27.0. The second kappa shape index (κ2) is 6.91. The predicted octanol–water partition coefficient (Wildman–Crippen LogP) is 1.65. The minimum Gasteiger partial charge on any atom is -0.326 e. The molecule has 9 heteroatoms. The standard InChI is InChI=1S/C13H19N3O4S.ClH/c1-8-5-9(2)13(6-12(8)16(17)18)21(19,20)15-7-11(14)10-3-4-10;/h5-6,10-11,15H,3-4,7,14H2,1-2H3;1H. The highest BCUT2D eigenvalue weighted by atomic mass is 35.5. The Kier molecular flexibility index (Phi) is 5.91. The molecule has 0 aromatic heterocycles. The van der Waals surface area contributed by atoms with Crippen LogP contribution >= 0.6 is 12.4 Å². The van der Waals surface area contributed by atoms with Crippen molar-refractivity contribution in [2.75, 3.05) is 6.54 Å². The highest BCUT2D eigenvalue weighted by molar-refractivity contribution is 7.89. The third-order valence-corrected chi connectivity index (χ3v) is 5.28. The number of nitro groups is 1. The molecule has 1 aliphatic rings. The Bertz CT molecular complexity index is 674. The number of benzene rings is 1. The number of nitro benzene ring substituents is 1. The second-order valence-corrected chi connectivity index (χ2v) is 7.25. The Hall–Kier alpha value is -1.22. The molecule has 3 N–H and O–H groups in total. The van der Waals surface area contributed by atoms with Gasteiger partial charge in [0.15, 0.2) is 0 Å². The van der Waals surface area contributed by atoms with Gasteiger partial charge in [0.05, 0.1) is 9.82 Å². The molecular formula is C13H20ClN3O4S. The first-order valence-electron chi connectivity index (χ1n) is 6.73. The van der Waals surface area contributed by atoms with Gasteiger partial charge < -0.3 is 5.73 Å². The SMILES string of the molecule is Cc1cc(C)c(S(=O)(=O)NCC(N)C2CC2)cc1[N+](=O)[O-].Cl. The fraction of sp³-hybridized carbons (Fsp3) is 0.538. The van der Waals surface area contributed by atoms with E-state index in [4.69, 9.17) is 5.73 Å². The molecule has 124 valence electrons. The molecule has 1 saturated carbocycles. The lowest BCUT2D eigenvalue weighted by Crippen LogP contribution is -2.38. The largest absolute Gasteiger partial charge is 0.326 e. The first kappa shape index (κ1) is 18.8. The minimum atomic E-state index is -3.80. The zero-order valence-corrected chi connectivity index (χ0v) is 14.0. The molecule has 22 heavy (non-hydrogen) atoms. The normalized spacial score (nSPS) is 16.0. The lowest BCUT2D eigenvalue weighted by Gasteiger charge is -2.13. The fourth-order valence-corrected chi connectivity index (χ4v) is 3.60. The zero-order valence-electron chi connectivity index (χ0n) is 12.4. The van der Waals surface area contributed by atoms with Crippen molar-refractivity contribution in [2.45, 2.75) is 37.6 Å². The van der Waals surface area contributed by atoms with Crippen LogP contribution in [-0.2, 0) is 10.0 Å². The van der Waals surface area contributed by atoms with E-state index in [0.29, 0.717) is 17.0 Å². The van der Waals surface area contributed by atoms with Crippen molar-refractivity contribution in [3.8, 4) is 0 Å². The molecule has 0 heterocycles. The summed E-state index contributed by atoms with van der Waals surface area (Å²) in [6.45, 7) is 3.35. The zero-order chi connectivity index (χ0) is 15.8. The van der Waals surface area contributed by atoms with E-state index in [9.17, 15) is 18.5 Å². The van der Waals surface area contributed by atoms with Gasteiger partial charge in [-0.15, -0.1) is 12.4 Å². The summed E-state index contributed by atoms with van der Waals surface area (Å²) in [6, 6.07) is 2.41. The van der Waals surface area contributed by atoms with Crippen LogP contribution in [0.4, 0.5) is 5.69 Å². The maximum Gasteiger partial charge on any atom is 0.273 e. The first-order chi connectivity index (χ1) is 9.72. The van der Waals surface area contributed by atoms with E-state index >= 15 is 0 Å². The molecule has 1 atom stereocenters. The molecule has 1 aromatic carbocycles. The van der Waals surface area contributed by atoms with Gasteiger partial charge >= 0.3 is 0 Å². The second-order valence-electron chi connectivity index (χ2n) is 5.51. The molecule has 0 radical (unpaired) electrons. The Labute approximate surface area is 135 Å². The molecule has 0 amide bonds. The van der Waals surface area contributed by atoms with Gasteiger partial charge in [-0.2, -0.15) is 0 Å². The Morgan fingerprint density at radius 1 is 1.36 bits per heavy atom. The summed E-state index contributed by atoms with van der Waals surface area (Å²) >= 11 is 0. The van der Waals surface area contributed by atoms with E-state index in [2.05, 4.69) is 4.72 Å². The van der Waals surface area contributed by atoms with Crippen LogP contribution < -0.4 is 10.5 Å². The maximum absolute atomic E-state index is 12.3. The van der Waals surface area contributed by atoms with Crippen LogP contribution in [0, 0.1) is 29.9 Å². The van der Waals surface area contributed by atoms with Crippen LogP contribution in [0.15, 0.2) is 17.0 Å². The van der Waals surface area contributed by atoms with E-state index in [1.807, 2.05) is 0 Å². The number of sulfonamides is 1. The number of nitrogens with two attached hydrogens (primary N) is 1. The van der Waals surface area contributed by atoms with Crippen LogP contribution in [0.2, 0.25) is 0 Å². The summed E-state index contributed by atoms with van der Waals surface area (Å²) in [5, 5.41) is 10.9. The number of halogens is 1. The summed E-state index contributed by atoms with van der Waals surface area (Å²) in [5.41, 5.74) is 6.58. The number of hydrogen-bond donors (Lipinski definition) is 2. The van der Waals surface area contributed by atoms with Crippen molar-refractivity contribution >= 4 is 28.1 Å². The Morgan fingerprint density at radius 3 is 2.45 bits per heavy atom. The monoisotopic (exact) mass is 349 g/mol. The third kappa shape index (κ3) is 4.16. The molecule has 0 saturated heterocycles. The van der Waals surface area contributed by atoms with Crippen molar-refractivity contribution < 1.29 is 13.3 Å². The van der Waals surface area contributed by atoms with E-state index < -0.39 is 14.9 Å². The average Bonchev–Trinajstić information content (AvgIpc) is 3.19. The summed E-state index contributed by atoms with van der Waals surface area (Å²) in [6.07, 6.45) is 2.05. The van der Waals surface area contributed by atoms with Gasteiger partial charge in [-0.05, 0) is 44.2 Å². The van der Waals surface area contributed by atoms with Crippen molar-refractivity contribution in [3.05, 3.63) is 33.4 Å². The van der Waals surface area contributed by atoms with Gasteiger partial charge in [0, 0.05) is 24.2 Å². The molecule has 0 aliphatic heterocycles. The molecular weight excluding hydrogens is 330 g/mol. The predicted molar refractivity (Wildman–Crippen MR) is 85.7 cm³/mol. The Morgan fingerprint density at radius 2 is 1.95 bits per heavy atom. The number of nitrogens with one attached hydrogen (secondary N) is 1. The average molecular weight is 350 g/mol. The lowest BCUT2D eigenvalue weighted by atomic mass is 10.1. The summed E-state index contributed by atoms with van der Waals surface area (Å²) in [5.74, 6) is 0.376. The van der Waals surface area contributed by atoms with Crippen LogP contribution in [-0.4, -0.2) is 25.9 Å². The van der Waals surface area contributed by atoms with Gasteiger partial charge in [-0.1, -0.05) is 0 Å². The van der Waals surface area contributed by atoms with E-state index in [-0.39, 0.29) is 35.6 Å². The third-order valence-electron chi connectivity index (χ3n) is 3.72. The fourth-order valence-electron chi connectivity index (χ4n) is 2.28. The van der Waals surface area contributed by atoms with Crippen LogP contribution in [0.1, 0.15) is 24.0 Å². The smallest absolute Gasteiger partial charge is 0.273 e. The van der Waals surface area contributed by atoms with Gasteiger partial charge in [0.1, 0.15) is 0 Å². The highest BCUT2D eigenvalue weighted by Crippen LogP contribution is 2.31. The molecule has 2 rings (SSSR count). The van der Waals surface area contributed by atoms with E-state index in [1.54, 1.807) is 13.8 Å². The van der Waals surface area contributed by atoms with Crippen LogP contribution in [0.3, 0.4) is 0 Å².